The Morgan fingerprint density at radius 1 is 1.10 bits per heavy atom. The zero-order valence-electron chi connectivity index (χ0n) is 12.6. The number of alkyl halides is 1. The van der Waals surface area contributed by atoms with Gasteiger partial charge in [0.15, 0.2) is 0 Å². The third-order valence-corrected chi connectivity index (χ3v) is 4.44. The van der Waals surface area contributed by atoms with Gasteiger partial charge in [-0.15, -0.1) is 11.6 Å². The van der Waals surface area contributed by atoms with Gasteiger partial charge in [-0.25, -0.2) is 0 Å². The molecule has 3 rings (SSSR count). The monoisotopic (exact) mass is 303 g/mol. The minimum atomic E-state index is 0.0205. The number of hydrogen-bond acceptors (Lipinski definition) is 2. The van der Waals surface area contributed by atoms with E-state index in [-0.39, 0.29) is 17.6 Å². The molecule has 0 amide bonds. The number of rotatable bonds is 3. The summed E-state index contributed by atoms with van der Waals surface area (Å²) in [5.74, 6) is 0. The zero-order valence-corrected chi connectivity index (χ0v) is 13.4. The maximum Gasteiger partial charge on any atom is 0.0712 e. The van der Waals surface area contributed by atoms with E-state index in [9.17, 15) is 0 Å². The molecule has 0 spiro atoms. The van der Waals surface area contributed by atoms with Gasteiger partial charge in [0.2, 0.25) is 0 Å². The second kappa shape index (κ2) is 6.35. The Labute approximate surface area is 131 Å². The summed E-state index contributed by atoms with van der Waals surface area (Å²) in [5, 5.41) is 2.54. The van der Waals surface area contributed by atoms with E-state index in [2.05, 4.69) is 61.2 Å². The topological polar surface area (TPSA) is 12.5 Å². The zero-order chi connectivity index (χ0) is 14.8. The molecular formula is C18H22ClNO. The van der Waals surface area contributed by atoms with Crippen LogP contribution < -0.4 is 0 Å². The van der Waals surface area contributed by atoms with Gasteiger partial charge in [-0.2, -0.15) is 0 Å². The molecule has 1 aliphatic rings. The fourth-order valence-corrected chi connectivity index (χ4v) is 3.50. The van der Waals surface area contributed by atoms with Crippen molar-refractivity contribution in [3.05, 3.63) is 48.0 Å². The number of fused-ring (bicyclic) bond motifs is 1. The highest BCUT2D eigenvalue weighted by molar-refractivity contribution is 6.21. The predicted octanol–water partition coefficient (Wildman–Crippen LogP) is 4.23. The molecule has 2 aromatic rings. The molecule has 0 N–H and O–H groups in total. The lowest BCUT2D eigenvalue weighted by Crippen LogP contribution is -2.46. The first-order chi connectivity index (χ1) is 10.1. The summed E-state index contributed by atoms with van der Waals surface area (Å²) < 4.78 is 5.78. The van der Waals surface area contributed by atoms with Crippen molar-refractivity contribution >= 4 is 22.4 Å². The van der Waals surface area contributed by atoms with Gasteiger partial charge in [-0.1, -0.05) is 36.4 Å². The Morgan fingerprint density at radius 3 is 2.48 bits per heavy atom. The average Bonchev–Trinajstić information content (AvgIpc) is 2.45. The first kappa shape index (κ1) is 14.8. The Balaban J connectivity index is 1.72. The quantitative estimate of drug-likeness (QED) is 0.787. The van der Waals surface area contributed by atoms with Crippen molar-refractivity contribution in [3.63, 3.8) is 0 Å². The smallest absolute Gasteiger partial charge is 0.0712 e. The number of benzene rings is 2. The van der Waals surface area contributed by atoms with E-state index < -0.39 is 0 Å². The second-order valence-corrected chi connectivity index (χ2v) is 6.58. The first-order valence-corrected chi connectivity index (χ1v) is 8.06. The molecule has 112 valence electrons. The third-order valence-electron chi connectivity index (χ3n) is 4.05. The number of nitrogens with zero attached hydrogens (tertiary/aromatic N) is 1. The first-order valence-electron chi connectivity index (χ1n) is 7.62. The van der Waals surface area contributed by atoms with Gasteiger partial charge >= 0.3 is 0 Å². The molecule has 1 heterocycles. The van der Waals surface area contributed by atoms with E-state index in [1.54, 1.807) is 0 Å². The van der Waals surface area contributed by atoms with Gasteiger partial charge in [0.25, 0.3) is 0 Å². The molecule has 0 aromatic heterocycles. The maximum absolute atomic E-state index is 6.65. The fraction of sp³-hybridized carbons (Fsp3) is 0.444. The third kappa shape index (κ3) is 3.57. The molecule has 21 heavy (non-hydrogen) atoms. The van der Waals surface area contributed by atoms with Crippen LogP contribution in [0.2, 0.25) is 0 Å². The number of morpholine rings is 1. The van der Waals surface area contributed by atoms with Crippen LogP contribution in [0, 0.1) is 0 Å². The van der Waals surface area contributed by atoms with E-state index in [4.69, 9.17) is 16.3 Å². The highest BCUT2D eigenvalue weighted by Crippen LogP contribution is 2.26. The van der Waals surface area contributed by atoms with Gasteiger partial charge in [0.1, 0.15) is 0 Å². The molecule has 2 aromatic carbocycles. The minimum absolute atomic E-state index is 0.0205. The standard InChI is InChI=1S/C18H22ClNO/c1-13-10-20(11-14(2)21-13)12-18(19)17-8-7-15-5-3-4-6-16(15)9-17/h3-9,13-14,18H,10-12H2,1-2H3. The Morgan fingerprint density at radius 2 is 1.76 bits per heavy atom. The average molecular weight is 304 g/mol. The van der Waals surface area contributed by atoms with Crippen molar-refractivity contribution in [2.45, 2.75) is 31.4 Å². The Bertz CT molecular complexity index is 605. The number of halogens is 1. The predicted molar refractivity (Wildman–Crippen MR) is 89.0 cm³/mol. The van der Waals surface area contributed by atoms with Crippen LogP contribution in [0.5, 0.6) is 0 Å². The molecular weight excluding hydrogens is 282 g/mol. The van der Waals surface area contributed by atoms with E-state index in [0.717, 1.165) is 19.6 Å². The van der Waals surface area contributed by atoms with Crippen LogP contribution in [-0.2, 0) is 4.74 Å². The van der Waals surface area contributed by atoms with Gasteiger partial charge in [0.05, 0.1) is 17.6 Å². The van der Waals surface area contributed by atoms with E-state index in [1.165, 1.54) is 16.3 Å². The van der Waals surface area contributed by atoms with Crippen molar-refractivity contribution in [1.29, 1.82) is 0 Å². The van der Waals surface area contributed by atoms with Crippen LogP contribution in [0.4, 0.5) is 0 Å². The lowest BCUT2D eigenvalue weighted by atomic mass is 10.0. The van der Waals surface area contributed by atoms with Crippen molar-refractivity contribution in [1.82, 2.24) is 4.90 Å². The van der Waals surface area contributed by atoms with Crippen molar-refractivity contribution in [2.75, 3.05) is 19.6 Å². The maximum atomic E-state index is 6.65. The minimum Gasteiger partial charge on any atom is -0.373 e. The summed E-state index contributed by atoms with van der Waals surface area (Å²) in [6, 6.07) is 14.9. The summed E-state index contributed by atoms with van der Waals surface area (Å²) >= 11 is 6.65. The number of hydrogen-bond donors (Lipinski definition) is 0. The van der Waals surface area contributed by atoms with Crippen molar-refractivity contribution < 1.29 is 4.74 Å². The van der Waals surface area contributed by atoms with Crippen LogP contribution in [0.15, 0.2) is 42.5 Å². The fourth-order valence-electron chi connectivity index (χ4n) is 3.17. The van der Waals surface area contributed by atoms with Crippen LogP contribution >= 0.6 is 11.6 Å². The lowest BCUT2D eigenvalue weighted by molar-refractivity contribution is -0.0678. The van der Waals surface area contributed by atoms with Crippen LogP contribution in [0.25, 0.3) is 10.8 Å². The second-order valence-electron chi connectivity index (χ2n) is 6.05. The van der Waals surface area contributed by atoms with Gasteiger partial charge in [0, 0.05) is 19.6 Å². The van der Waals surface area contributed by atoms with Gasteiger partial charge in [-0.3, -0.25) is 4.90 Å². The molecule has 0 saturated carbocycles. The molecule has 1 aliphatic heterocycles. The lowest BCUT2D eigenvalue weighted by Gasteiger charge is -2.36. The van der Waals surface area contributed by atoms with Crippen LogP contribution in [-0.4, -0.2) is 36.7 Å². The Kier molecular flexibility index (Phi) is 4.48. The summed E-state index contributed by atoms with van der Waals surface area (Å²) in [6.45, 7) is 7.05. The SMILES string of the molecule is CC1CN(CC(Cl)c2ccc3ccccc3c2)CC(C)O1. The molecule has 1 saturated heterocycles. The Hall–Kier alpha value is -1.09. The van der Waals surface area contributed by atoms with E-state index in [1.807, 2.05) is 0 Å². The van der Waals surface area contributed by atoms with Crippen molar-refractivity contribution in [3.8, 4) is 0 Å². The highest BCUT2D eigenvalue weighted by atomic mass is 35.5. The van der Waals surface area contributed by atoms with Crippen molar-refractivity contribution in [2.24, 2.45) is 0 Å². The number of ether oxygens (including phenoxy) is 1. The molecule has 3 heteroatoms. The van der Waals surface area contributed by atoms with E-state index in [0.29, 0.717) is 0 Å². The van der Waals surface area contributed by atoms with Crippen LogP contribution in [0.3, 0.4) is 0 Å². The molecule has 0 radical (unpaired) electrons. The molecule has 1 fully saturated rings. The summed E-state index contributed by atoms with van der Waals surface area (Å²) in [6.07, 6.45) is 0.573. The molecule has 3 unspecified atom stereocenters. The summed E-state index contributed by atoms with van der Waals surface area (Å²) in [5.41, 5.74) is 1.20. The summed E-state index contributed by atoms with van der Waals surface area (Å²) in [4.78, 5) is 2.41. The molecule has 3 atom stereocenters. The highest BCUT2D eigenvalue weighted by Gasteiger charge is 2.24. The van der Waals surface area contributed by atoms with Gasteiger partial charge < -0.3 is 4.74 Å². The van der Waals surface area contributed by atoms with Crippen LogP contribution in [0.1, 0.15) is 24.8 Å². The molecule has 0 bridgehead atoms. The normalized spacial score (nSPS) is 25.1. The summed E-state index contributed by atoms with van der Waals surface area (Å²) in [7, 11) is 0. The van der Waals surface area contributed by atoms with Gasteiger partial charge in [-0.05, 0) is 36.2 Å². The largest absolute Gasteiger partial charge is 0.373 e. The van der Waals surface area contributed by atoms with E-state index >= 15 is 0 Å². The molecule has 2 nitrogen and oxygen atoms in total. The molecule has 0 aliphatic carbocycles.